The predicted octanol–water partition coefficient (Wildman–Crippen LogP) is 5.11. The van der Waals surface area contributed by atoms with Crippen LogP contribution in [0.3, 0.4) is 0 Å². The third kappa shape index (κ3) is 5.16. The highest BCUT2D eigenvalue weighted by atomic mass is 32.1. The number of amides is 1. The molecule has 1 aromatic carbocycles. The van der Waals surface area contributed by atoms with Gasteiger partial charge in [0.15, 0.2) is 5.82 Å². The number of fused-ring (bicyclic) bond motifs is 2. The second kappa shape index (κ2) is 12.0. The predicted molar refractivity (Wildman–Crippen MR) is 164 cm³/mol. The lowest BCUT2D eigenvalue weighted by molar-refractivity contribution is -0.128. The molecule has 2 saturated heterocycles. The molecule has 2 atom stereocenters. The number of carbonyl (C=O) groups excluding carboxylic acids is 1. The number of hydrogen-bond donors (Lipinski definition) is 0. The van der Waals surface area contributed by atoms with E-state index in [-0.39, 0.29) is 47.6 Å². The molecule has 0 unspecified atom stereocenters. The fourth-order valence-corrected chi connectivity index (χ4v) is 7.00. The molecule has 0 N–H and O–H groups in total. The molecule has 5 heterocycles. The van der Waals surface area contributed by atoms with Crippen LogP contribution in [0.4, 0.5) is 10.1 Å². The first-order chi connectivity index (χ1) is 20.9. The smallest absolute Gasteiger partial charge is 0.246 e. The summed E-state index contributed by atoms with van der Waals surface area (Å²) in [7, 11) is 2.04. The number of aromatic nitrogens is 2. The van der Waals surface area contributed by atoms with Crippen molar-refractivity contribution in [1.29, 1.82) is 10.5 Å². The van der Waals surface area contributed by atoms with E-state index in [2.05, 4.69) is 33.6 Å². The van der Waals surface area contributed by atoms with E-state index in [4.69, 9.17) is 4.74 Å². The first-order valence-corrected chi connectivity index (χ1v) is 15.1. The van der Waals surface area contributed by atoms with Gasteiger partial charge in [-0.05, 0) is 50.0 Å². The largest absolute Gasteiger partial charge is 0.475 e. The Morgan fingerprint density at radius 3 is 2.84 bits per heavy atom. The molecule has 0 aliphatic carbocycles. The number of nitriles is 2. The summed E-state index contributed by atoms with van der Waals surface area (Å²) in [6.07, 6.45) is 4.92. The van der Waals surface area contributed by atoms with Gasteiger partial charge < -0.3 is 19.4 Å². The lowest BCUT2D eigenvalue weighted by atomic mass is 10.0. The third-order valence-electron chi connectivity index (χ3n) is 8.44. The minimum atomic E-state index is -0.598. The number of nitrogens with zero attached hydrogens (tertiary/aromatic N) is 7. The molecule has 6 rings (SSSR count). The quantitative estimate of drug-likeness (QED) is 0.271. The SMILES string of the molecule is C=CC(=O)N1CCN(c2c(C#N)c(OC[C@@H]3CCCN3C)nc3c(F)c(-c4cccc5sccc45)ncc23)C[C@@H]1CC#N. The van der Waals surface area contributed by atoms with Crippen molar-refractivity contribution in [2.45, 2.75) is 31.3 Å². The highest BCUT2D eigenvalue weighted by Gasteiger charge is 2.33. The maximum absolute atomic E-state index is 16.6. The van der Waals surface area contributed by atoms with Crippen molar-refractivity contribution >= 4 is 43.9 Å². The standard InChI is InChI=1S/C32H30FN7O2S/c1-3-27(41)40-14-13-39(18-20(40)9-11-34)31-24(16-35)32(42-19-21-6-5-12-38(21)2)37-30-25(31)17-36-29(28(30)33)23-7-4-8-26-22(23)10-15-43-26/h3-4,7-8,10,15,17,20-21H,1,5-6,9,12-14,18-19H2,2H3/t20-,21-/m0/s1. The minimum absolute atomic E-state index is 0.0578. The van der Waals surface area contributed by atoms with E-state index >= 15 is 4.39 Å². The second-order valence-corrected chi connectivity index (χ2v) is 11.8. The van der Waals surface area contributed by atoms with Gasteiger partial charge in [-0.25, -0.2) is 9.37 Å². The summed E-state index contributed by atoms with van der Waals surface area (Å²) >= 11 is 1.57. The van der Waals surface area contributed by atoms with Crippen LogP contribution < -0.4 is 9.64 Å². The summed E-state index contributed by atoms with van der Waals surface area (Å²) in [6.45, 7) is 5.81. The van der Waals surface area contributed by atoms with Crippen LogP contribution >= 0.6 is 11.3 Å². The van der Waals surface area contributed by atoms with E-state index < -0.39 is 11.9 Å². The van der Waals surface area contributed by atoms with E-state index in [1.165, 1.54) is 6.08 Å². The van der Waals surface area contributed by atoms with Crippen molar-refractivity contribution in [3.8, 4) is 29.3 Å². The fraction of sp³-hybridized carbons (Fsp3) is 0.344. The van der Waals surface area contributed by atoms with Gasteiger partial charge in [0.1, 0.15) is 29.5 Å². The maximum atomic E-state index is 16.6. The number of hydrogen-bond acceptors (Lipinski definition) is 9. The van der Waals surface area contributed by atoms with E-state index in [9.17, 15) is 15.3 Å². The number of likely N-dealkylation sites (tertiary alicyclic amines) is 1. The molecule has 9 nitrogen and oxygen atoms in total. The van der Waals surface area contributed by atoms with Crippen LogP contribution in [-0.2, 0) is 4.79 Å². The molecule has 3 aromatic heterocycles. The zero-order chi connectivity index (χ0) is 30.1. The van der Waals surface area contributed by atoms with Crippen molar-refractivity contribution < 1.29 is 13.9 Å². The second-order valence-electron chi connectivity index (χ2n) is 10.9. The van der Waals surface area contributed by atoms with Gasteiger partial charge in [0.05, 0.1) is 24.2 Å². The normalized spacial score (nSPS) is 19.0. The molecule has 11 heteroatoms. The molecule has 0 radical (unpaired) electrons. The van der Waals surface area contributed by atoms with Crippen LogP contribution in [-0.4, -0.2) is 77.6 Å². The van der Waals surface area contributed by atoms with Crippen LogP contribution in [0.2, 0.25) is 0 Å². The first-order valence-electron chi connectivity index (χ1n) is 14.2. The van der Waals surface area contributed by atoms with Gasteiger partial charge in [0, 0.05) is 52.9 Å². The summed E-state index contributed by atoms with van der Waals surface area (Å²) in [4.78, 5) is 27.5. The highest BCUT2D eigenvalue weighted by Crippen LogP contribution is 2.40. The number of carbonyl (C=O) groups is 1. The van der Waals surface area contributed by atoms with Gasteiger partial charge >= 0.3 is 0 Å². The number of benzene rings is 1. The summed E-state index contributed by atoms with van der Waals surface area (Å²) in [5.74, 6) is -0.792. The Labute approximate surface area is 253 Å². The Hall–Kier alpha value is -4.58. The van der Waals surface area contributed by atoms with Crippen molar-refractivity contribution in [3.05, 3.63) is 59.9 Å². The number of anilines is 1. The molecule has 218 valence electrons. The topological polar surface area (TPSA) is 109 Å². The maximum Gasteiger partial charge on any atom is 0.246 e. The van der Waals surface area contributed by atoms with Crippen LogP contribution in [0.5, 0.6) is 5.88 Å². The molecule has 0 bridgehead atoms. The zero-order valence-corrected chi connectivity index (χ0v) is 24.6. The molecule has 4 aromatic rings. The summed E-state index contributed by atoms with van der Waals surface area (Å²) in [5.41, 5.74) is 1.52. The molecule has 0 saturated carbocycles. The fourth-order valence-electron chi connectivity index (χ4n) is 6.19. The van der Waals surface area contributed by atoms with Crippen molar-refractivity contribution in [3.63, 3.8) is 0 Å². The average molecular weight is 596 g/mol. The first kappa shape index (κ1) is 28.5. The van der Waals surface area contributed by atoms with Gasteiger partial charge in [-0.2, -0.15) is 10.5 Å². The van der Waals surface area contributed by atoms with E-state index in [0.29, 0.717) is 36.3 Å². The molecule has 0 spiro atoms. The number of pyridine rings is 2. The Morgan fingerprint density at radius 1 is 1.23 bits per heavy atom. The Morgan fingerprint density at radius 2 is 2.09 bits per heavy atom. The van der Waals surface area contributed by atoms with Crippen molar-refractivity contribution in [2.75, 3.05) is 44.7 Å². The van der Waals surface area contributed by atoms with Crippen molar-refractivity contribution in [2.24, 2.45) is 0 Å². The summed E-state index contributed by atoms with van der Waals surface area (Å²) in [6, 6.07) is 11.8. The summed E-state index contributed by atoms with van der Waals surface area (Å²) < 4.78 is 23.8. The Kier molecular flexibility index (Phi) is 7.94. The van der Waals surface area contributed by atoms with Gasteiger partial charge in [-0.1, -0.05) is 18.7 Å². The van der Waals surface area contributed by atoms with E-state index in [1.807, 2.05) is 41.6 Å². The molecule has 2 aliphatic rings. The van der Waals surface area contributed by atoms with Gasteiger partial charge in [-0.15, -0.1) is 11.3 Å². The van der Waals surface area contributed by atoms with Gasteiger partial charge in [0.25, 0.3) is 0 Å². The van der Waals surface area contributed by atoms with Crippen LogP contribution in [0.25, 0.3) is 32.2 Å². The Balaban J connectivity index is 1.50. The number of halogens is 1. The number of thiophene rings is 1. The monoisotopic (exact) mass is 595 g/mol. The van der Waals surface area contributed by atoms with E-state index in [0.717, 1.165) is 29.5 Å². The molecule has 2 fully saturated rings. The van der Waals surface area contributed by atoms with Gasteiger partial charge in [0.2, 0.25) is 11.8 Å². The molecule has 43 heavy (non-hydrogen) atoms. The molecule has 2 aliphatic heterocycles. The summed E-state index contributed by atoms with van der Waals surface area (Å²) in [5, 5.41) is 23.2. The number of piperazine rings is 1. The lowest BCUT2D eigenvalue weighted by Gasteiger charge is -2.42. The zero-order valence-electron chi connectivity index (χ0n) is 23.8. The van der Waals surface area contributed by atoms with Crippen LogP contribution in [0.1, 0.15) is 24.8 Å². The van der Waals surface area contributed by atoms with E-state index in [1.54, 1.807) is 22.4 Å². The number of likely N-dealkylation sites (N-methyl/N-ethyl adjacent to an activating group) is 1. The molecular weight excluding hydrogens is 565 g/mol. The minimum Gasteiger partial charge on any atom is -0.475 e. The third-order valence-corrected chi connectivity index (χ3v) is 9.33. The highest BCUT2D eigenvalue weighted by molar-refractivity contribution is 7.17. The van der Waals surface area contributed by atoms with Crippen molar-refractivity contribution in [1.82, 2.24) is 19.8 Å². The van der Waals surface area contributed by atoms with Crippen LogP contribution in [0.15, 0.2) is 48.5 Å². The number of rotatable bonds is 7. The van der Waals surface area contributed by atoms with Crippen LogP contribution in [0, 0.1) is 28.5 Å². The Bertz CT molecular complexity index is 1810. The lowest BCUT2D eigenvalue weighted by Crippen LogP contribution is -2.55. The average Bonchev–Trinajstić information content (AvgIpc) is 3.68. The molecule has 1 amide bonds. The molecular formula is C32H30FN7O2S. The number of ether oxygens (including phenoxy) is 1. The van der Waals surface area contributed by atoms with Gasteiger partial charge in [-0.3, -0.25) is 9.78 Å².